The van der Waals surface area contributed by atoms with E-state index in [4.69, 9.17) is 14.2 Å². The quantitative estimate of drug-likeness (QED) is 0.739. The molecule has 0 aromatic heterocycles. The van der Waals surface area contributed by atoms with Gasteiger partial charge in [-0.05, 0) is 30.6 Å². The van der Waals surface area contributed by atoms with Gasteiger partial charge in [-0.15, -0.1) is 11.8 Å². The van der Waals surface area contributed by atoms with Crippen molar-refractivity contribution in [2.75, 3.05) is 5.75 Å². The largest absolute Gasteiger partial charge is 0.459 e. The number of rotatable bonds is 4. The summed E-state index contributed by atoms with van der Waals surface area (Å²) in [5.74, 6) is 1.21. The second kappa shape index (κ2) is 7.68. The lowest BCUT2D eigenvalue weighted by Crippen LogP contribution is -2.38. The number of carbonyl (C=O) groups excluding carboxylic acids is 2. The van der Waals surface area contributed by atoms with Gasteiger partial charge in [0, 0.05) is 6.92 Å². The number of thioether (sulfide) groups is 1. The Morgan fingerprint density at radius 3 is 2.59 bits per heavy atom. The monoisotopic (exact) mass is 330 g/mol. The smallest absolute Gasteiger partial charge is 0.346 e. The lowest BCUT2D eigenvalue weighted by atomic mass is 9.75. The van der Waals surface area contributed by atoms with Crippen molar-refractivity contribution in [1.29, 1.82) is 0 Å². The van der Waals surface area contributed by atoms with E-state index in [-0.39, 0.29) is 12.1 Å². The van der Waals surface area contributed by atoms with Crippen LogP contribution in [0.4, 0.5) is 0 Å². The van der Waals surface area contributed by atoms with Gasteiger partial charge < -0.3 is 14.2 Å². The van der Waals surface area contributed by atoms with E-state index in [1.54, 1.807) is 0 Å². The molecule has 22 heavy (non-hydrogen) atoms. The molecule has 0 N–H and O–H groups in total. The minimum atomic E-state index is -0.686. The van der Waals surface area contributed by atoms with Gasteiger partial charge in [0.2, 0.25) is 11.7 Å². The van der Waals surface area contributed by atoms with E-state index < -0.39 is 17.7 Å². The molecule has 1 saturated carbocycles. The normalized spacial score (nSPS) is 35.4. The highest BCUT2D eigenvalue weighted by molar-refractivity contribution is 8.00. The standard InChI is InChI=1S/C16H26O5S/c1-9(2)12-6-5-10(3)7-13(12)20-15(18)16-21-14(8-22-16)19-11(4)17/h9-10,12-14,16H,5-8H2,1-4H3/t10-,12+,13?,14?,16-/m1/s1. The van der Waals surface area contributed by atoms with Gasteiger partial charge in [0.25, 0.3) is 0 Å². The van der Waals surface area contributed by atoms with Gasteiger partial charge in [-0.1, -0.05) is 27.2 Å². The van der Waals surface area contributed by atoms with Crippen molar-refractivity contribution in [3.05, 3.63) is 0 Å². The van der Waals surface area contributed by atoms with Crippen molar-refractivity contribution in [2.24, 2.45) is 17.8 Å². The summed E-state index contributed by atoms with van der Waals surface area (Å²) in [6, 6.07) is 0. The Kier molecular flexibility index (Phi) is 6.15. The SMILES string of the molecule is CC(=O)OC1CS[C@H](C(=O)OC2C[C@H](C)CC[C@H]2C(C)C)O1. The summed E-state index contributed by atoms with van der Waals surface area (Å²) in [6.07, 6.45) is 2.53. The molecule has 126 valence electrons. The summed E-state index contributed by atoms with van der Waals surface area (Å²) in [6.45, 7) is 7.89. The van der Waals surface area contributed by atoms with Crippen LogP contribution in [-0.4, -0.2) is 35.5 Å². The lowest BCUT2D eigenvalue weighted by molar-refractivity contribution is -0.185. The molecule has 1 heterocycles. The molecule has 1 saturated heterocycles. The van der Waals surface area contributed by atoms with Crippen LogP contribution in [0.25, 0.3) is 0 Å². The Morgan fingerprint density at radius 2 is 1.95 bits per heavy atom. The van der Waals surface area contributed by atoms with Crippen LogP contribution in [0.15, 0.2) is 0 Å². The Balaban J connectivity index is 1.88. The third-order valence-corrected chi connectivity index (χ3v) is 5.45. The number of hydrogen-bond donors (Lipinski definition) is 0. The van der Waals surface area contributed by atoms with Crippen molar-refractivity contribution in [1.82, 2.24) is 0 Å². The highest BCUT2D eigenvalue weighted by atomic mass is 32.2. The van der Waals surface area contributed by atoms with Crippen molar-refractivity contribution in [2.45, 2.75) is 64.8 Å². The zero-order valence-electron chi connectivity index (χ0n) is 13.7. The van der Waals surface area contributed by atoms with E-state index in [1.807, 2.05) is 0 Å². The van der Waals surface area contributed by atoms with Gasteiger partial charge in [-0.3, -0.25) is 4.79 Å². The molecule has 0 amide bonds. The fraction of sp³-hybridized carbons (Fsp3) is 0.875. The predicted molar refractivity (Wildman–Crippen MR) is 84.1 cm³/mol. The Morgan fingerprint density at radius 1 is 1.23 bits per heavy atom. The van der Waals surface area contributed by atoms with Crippen molar-refractivity contribution in [3.8, 4) is 0 Å². The molecule has 5 nitrogen and oxygen atoms in total. The summed E-state index contributed by atoms with van der Waals surface area (Å²) in [5, 5.41) is 0. The van der Waals surface area contributed by atoms with E-state index in [1.165, 1.54) is 25.1 Å². The van der Waals surface area contributed by atoms with Gasteiger partial charge in [0.15, 0.2) is 0 Å². The summed E-state index contributed by atoms with van der Waals surface area (Å²) in [7, 11) is 0. The van der Waals surface area contributed by atoms with Crippen molar-refractivity contribution >= 4 is 23.7 Å². The molecular weight excluding hydrogens is 304 g/mol. The van der Waals surface area contributed by atoms with Gasteiger partial charge >= 0.3 is 11.9 Å². The maximum atomic E-state index is 12.3. The molecule has 2 unspecified atom stereocenters. The minimum absolute atomic E-state index is 0.0341. The molecule has 2 aliphatic rings. The molecule has 6 heteroatoms. The number of carbonyl (C=O) groups is 2. The van der Waals surface area contributed by atoms with Crippen molar-refractivity contribution < 1.29 is 23.8 Å². The Hall–Kier alpha value is -0.750. The van der Waals surface area contributed by atoms with Crippen LogP contribution in [-0.2, 0) is 23.8 Å². The summed E-state index contributed by atoms with van der Waals surface area (Å²) in [5.41, 5.74) is -0.686. The van der Waals surface area contributed by atoms with Crippen LogP contribution in [0.2, 0.25) is 0 Å². The van der Waals surface area contributed by atoms with E-state index >= 15 is 0 Å². The second-order valence-corrected chi connectivity index (χ2v) is 7.74. The Bertz CT molecular complexity index is 411. The molecule has 0 spiro atoms. The van der Waals surface area contributed by atoms with E-state index in [0.717, 1.165) is 12.8 Å². The summed E-state index contributed by atoms with van der Waals surface area (Å²) >= 11 is 1.33. The van der Waals surface area contributed by atoms with Crippen LogP contribution in [0, 0.1) is 17.8 Å². The van der Waals surface area contributed by atoms with Gasteiger partial charge in [-0.2, -0.15) is 0 Å². The van der Waals surface area contributed by atoms with E-state index in [2.05, 4.69) is 20.8 Å². The fourth-order valence-corrected chi connectivity index (χ4v) is 4.08. The molecule has 2 fully saturated rings. The maximum absolute atomic E-state index is 12.3. The number of ether oxygens (including phenoxy) is 3. The molecular formula is C16H26O5S. The lowest BCUT2D eigenvalue weighted by Gasteiger charge is -2.37. The first-order valence-electron chi connectivity index (χ1n) is 8.01. The molecule has 1 aliphatic carbocycles. The molecule has 0 aromatic rings. The van der Waals surface area contributed by atoms with Gasteiger partial charge in [0.05, 0.1) is 5.75 Å². The van der Waals surface area contributed by atoms with Gasteiger partial charge in [0.1, 0.15) is 6.10 Å². The fourth-order valence-electron chi connectivity index (χ4n) is 3.21. The average molecular weight is 330 g/mol. The van der Waals surface area contributed by atoms with Gasteiger partial charge in [-0.25, -0.2) is 4.79 Å². The second-order valence-electron chi connectivity index (χ2n) is 6.64. The van der Waals surface area contributed by atoms with E-state index in [9.17, 15) is 9.59 Å². The van der Waals surface area contributed by atoms with E-state index in [0.29, 0.717) is 23.5 Å². The first kappa shape index (κ1) is 17.6. The number of esters is 2. The van der Waals surface area contributed by atoms with Crippen molar-refractivity contribution in [3.63, 3.8) is 0 Å². The summed E-state index contributed by atoms with van der Waals surface area (Å²) in [4.78, 5) is 23.2. The molecule has 2 rings (SSSR count). The zero-order chi connectivity index (χ0) is 16.3. The average Bonchev–Trinajstić information content (AvgIpc) is 2.86. The molecule has 1 aliphatic heterocycles. The van der Waals surface area contributed by atoms with Crippen LogP contribution >= 0.6 is 11.8 Å². The molecule has 0 radical (unpaired) electrons. The van der Waals surface area contributed by atoms with Crippen LogP contribution in [0.5, 0.6) is 0 Å². The zero-order valence-corrected chi connectivity index (χ0v) is 14.6. The third kappa shape index (κ3) is 4.62. The predicted octanol–water partition coefficient (Wildman–Crippen LogP) is 2.97. The summed E-state index contributed by atoms with van der Waals surface area (Å²) < 4.78 is 16.2. The minimum Gasteiger partial charge on any atom is -0.459 e. The first-order chi connectivity index (χ1) is 10.4. The first-order valence-corrected chi connectivity index (χ1v) is 9.06. The highest BCUT2D eigenvalue weighted by Gasteiger charge is 2.39. The third-order valence-electron chi connectivity index (χ3n) is 4.38. The highest BCUT2D eigenvalue weighted by Crippen LogP contribution is 2.36. The molecule has 0 bridgehead atoms. The van der Waals surface area contributed by atoms with Crippen LogP contribution in [0.1, 0.15) is 47.0 Å². The number of hydrogen-bond acceptors (Lipinski definition) is 6. The van der Waals surface area contributed by atoms with Crippen LogP contribution < -0.4 is 0 Å². The maximum Gasteiger partial charge on any atom is 0.346 e. The van der Waals surface area contributed by atoms with Crippen LogP contribution in [0.3, 0.4) is 0 Å². The topological polar surface area (TPSA) is 61.8 Å². The molecule has 0 aromatic carbocycles. The Labute approximate surface area is 136 Å². The molecule has 5 atom stereocenters.